The standard InChI is InChI=1S/C19H26Cl2N2O2/c1-12(2)9-10-22-18(24)13-3-5-14(6-4-13)19(25)23-17-11-15(20)7-8-16(17)21/h7-8,11-14H,3-6,9-10H2,1-2H3,(H,22,24)(H,23,25). The molecule has 1 aliphatic rings. The number of benzene rings is 1. The minimum atomic E-state index is -0.0882. The van der Waals surface area contributed by atoms with E-state index in [1.165, 1.54) is 0 Å². The van der Waals surface area contributed by atoms with Crippen molar-refractivity contribution < 1.29 is 9.59 Å². The largest absolute Gasteiger partial charge is 0.356 e. The number of hydrogen-bond acceptors (Lipinski definition) is 2. The third kappa shape index (κ3) is 6.19. The molecule has 138 valence electrons. The van der Waals surface area contributed by atoms with Gasteiger partial charge in [-0.15, -0.1) is 0 Å². The molecule has 0 spiro atoms. The summed E-state index contributed by atoms with van der Waals surface area (Å²) in [4.78, 5) is 24.6. The molecular formula is C19H26Cl2N2O2. The van der Waals surface area contributed by atoms with E-state index in [9.17, 15) is 9.59 Å². The fourth-order valence-corrected chi connectivity index (χ4v) is 3.41. The van der Waals surface area contributed by atoms with Crippen molar-refractivity contribution >= 4 is 40.7 Å². The van der Waals surface area contributed by atoms with Crippen molar-refractivity contribution in [3.8, 4) is 0 Å². The second kappa shape index (κ2) is 9.44. The summed E-state index contributed by atoms with van der Waals surface area (Å²) < 4.78 is 0. The lowest BCUT2D eigenvalue weighted by Gasteiger charge is -2.27. The number of carbonyl (C=O) groups excluding carboxylic acids is 2. The van der Waals surface area contributed by atoms with Gasteiger partial charge in [0.25, 0.3) is 0 Å². The Kier molecular flexibility index (Phi) is 7.57. The third-order valence-corrected chi connectivity index (χ3v) is 5.24. The number of carbonyl (C=O) groups is 2. The Morgan fingerprint density at radius 3 is 2.28 bits per heavy atom. The Morgan fingerprint density at radius 1 is 1.08 bits per heavy atom. The molecule has 0 atom stereocenters. The van der Waals surface area contributed by atoms with Crippen molar-refractivity contribution in [3.63, 3.8) is 0 Å². The van der Waals surface area contributed by atoms with E-state index in [0.717, 1.165) is 25.8 Å². The lowest BCUT2D eigenvalue weighted by Crippen LogP contribution is -2.36. The lowest BCUT2D eigenvalue weighted by atomic mass is 9.81. The van der Waals surface area contributed by atoms with Gasteiger partial charge in [0.1, 0.15) is 0 Å². The van der Waals surface area contributed by atoms with Gasteiger partial charge in [-0.3, -0.25) is 9.59 Å². The van der Waals surface area contributed by atoms with Crippen LogP contribution in [0.2, 0.25) is 10.0 Å². The molecule has 0 saturated heterocycles. The Labute approximate surface area is 159 Å². The zero-order chi connectivity index (χ0) is 18.4. The van der Waals surface area contributed by atoms with Crippen LogP contribution < -0.4 is 10.6 Å². The quantitative estimate of drug-likeness (QED) is 0.732. The monoisotopic (exact) mass is 384 g/mol. The summed E-state index contributed by atoms with van der Waals surface area (Å²) in [6.45, 7) is 5.01. The molecule has 4 nitrogen and oxygen atoms in total. The molecule has 0 aromatic heterocycles. The minimum absolute atomic E-state index is 0.0194. The van der Waals surface area contributed by atoms with Crippen molar-refractivity contribution in [2.24, 2.45) is 17.8 Å². The molecule has 0 bridgehead atoms. The zero-order valence-corrected chi connectivity index (χ0v) is 16.3. The van der Waals surface area contributed by atoms with Gasteiger partial charge in [0.2, 0.25) is 11.8 Å². The second-order valence-corrected chi connectivity index (χ2v) is 7.98. The molecule has 0 aliphatic heterocycles. The predicted molar refractivity (Wildman–Crippen MR) is 103 cm³/mol. The average Bonchev–Trinajstić information content (AvgIpc) is 2.58. The summed E-state index contributed by atoms with van der Waals surface area (Å²) in [6.07, 6.45) is 3.91. The van der Waals surface area contributed by atoms with E-state index in [1.807, 2.05) is 0 Å². The van der Waals surface area contributed by atoms with Crippen LogP contribution in [-0.2, 0) is 9.59 Å². The molecule has 1 saturated carbocycles. The van der Waals surface area contributed by atoms with Gasteiger partial charge in [0.15, 0.2) is 0 Å². The summed E-state index contributed by atoms with van der Waals surface area (Å²) in [5.41, 5.74) is 0.535. The Balaban J connectivity index is 1.80. The molecule has 2 rings (SSSR count). The van der Waals surface area contributed by atoms with Crippen molar-refractivity contribution in [2.45, 2.75) is 46.0 Å². The van der Waals surface area contributed by atoms with Gasteiger partial charge in [-0.2, -0.15) is 0 Å². The number of rotatable bonds is 6. The number of nitrogens with one attached hydrogen (secondary N) is 2. The molecule has 2 amide bonds. The first kappa shape index (κ1) is 20.1. The molecule has 0 unspecified atom stereocenters. The minimum Gasteiger partial charge on any atom is -0.356 e. The molecule has 1 aromatic rings. The molecule has 2 N–H and O–H groups in total. The molecule has 0 heterocycles. The van der Waals surface area contributed by atoms with Gasteiger partial charge in [-0.05, 0) is 56.2 Å². The molecule has 1 fully saturated rings. The zero-order valence-electron chi connectivity index (χ0n) is 14.8. The highest BCUT2D eigenvalue weighted by molar-refractivity contribution is 6.35. The molecule has 1 aromatic carbocycles. The van der Waals surface area contributed by atoms with Gasteiger partial charge in [-0.1, -0.05) is 37.0 Å². The van der Waals surface area contributed by atoms with Crippen LogP contribution in [0.3, 0.4) is 0 Å². The van der Waals surface area contributed by atoms with E-state index in [1.54, 1.807) is 18.2 Å². The van der Waals surface area contributed by atoms with Crippen molar-refractivity contribution in [3.05, 3.63) is 28.2 Å². The smallest absolute Gasteiger partial charge is 0.227 e. The highest BCUT2D eigenvalue weighted by Gasteiger charge is 2.30. The van der Waals surface area contributed by atoms with Crippen LogP contribution in [0.15, 0.2) is 18.2 Å². The van der Waals surface area contributed by atoms with E-state index < -0.39 is 0 Å². The molecule has 6 heteroatoms. The number of hydrogen-bond donors (Lipinski definition) is 2. The van der Waals surface area contributed by atoms with E-state index in [0.29, 0.717) is 34.5 Å². The van der Waals surface area contributed by atoms with Crippen LogP contribution in [0, 0.1) is 17.8 Å². The highest BCUT2D eigenvalue weighted by Crippen LogP contribution is 2.31. The number of halogens is 2. The first-order chi connectivity index (χ1) is 11.9. The van der Waals surface area contributed by atoms with E-state index in [-0.39, 0.29) is 23.7 Å². The SMILES string of the molecule is CC(C)CCNC(=O)C1CCC(C(=O)Nc2cc(Cl)ccc2Cl)CC1. The van der Waals surface area contributed by atoms with Crippen LogP contribution in [0.1, 0.15) is 46.0 Å². The maximum absolute atomic E-state index is 12.4. The van der Waals surface area contributed by atoms with E-state index in [2.05, 4.69) is 24.5 Å². The normalized spacial score (nSPS) is 20.4. The summed E-state index contributed by atoms with van der Waals surface area (Å²) >= 11 is 12.0. The lowest BCUT2D eigenvalue weighted by molar-refractivity contribution is -0.128. The van der Waals surface area contributed by atoms with Crippen molar-refractivity contribution in [2.75, 3.05) is 11.9 Å². The van der Waals surface area contributed by atoms with Crippen LogP contribution >= 0.6 is 23.2 Å². The fourth-order valence-electron chi connectivity index (χ4n) is 3.07. The molecular weight excluding hydrogens is 359 g/mol. The maximum Gasteiger partial charge on any atom is 0.227 e. The van der Waals surface area contributed by atoms with Crippen LogP contribution in [0.4, 0.5) is 5.69 Å². The summed E-state index contributed by atoms with van der Waals surface area (Å²) in [5.74, 6) is 0.582. The Morgan fingerprint density at radius 2 is 1.68 bits per heavy atom. The third-order valence-electron chi connectivity index (χ3n) is 4.68. The van der Waals surface area contributed by atoms with E-state index in [4.69, 9.17) is 23.2 Å². The summed E-state index contributed by atoms with van der Waals surface area (Å²) in [7, 11) is 0. The number of anilines is 1. The second-order valence-electron chi connectivity index (χ2n) is 7.14. The van der Waals surface area contributed by atoms with Gasteiger partial charge < -0.3 is 10.6 Å². The van der Waals surface area contributed by atoms with E-state index >= 15 is 0 Å². The average molecular weight is 385 g/mol. The van der Waals surface area contributed by atoms with Gasteiger partial charge in [-0.25, -0.2) is 0 Å². The Bertz CT molecular complexity index is 611. The van der Waals surface area contributed by atoms with Gasteiger partial charge in [0, 0.05) is 23.4 Å². The van der Waals surface area contributed by atoms with Gasteiger partial charge >= 0.3 is 0 Å². The first-order valence-electron chi connectivity index (χ1n) is 8.90. The molecule has 25 heavy (non-hydrogen) atoms. The highest BCUT2D eigenvalue weighted by atomic mass is 35.5. The number of amides is 2. The first-order valence-corrected chi connectivity index (χ1v) is 9.66. The van der Waals surface area contributed by atoms with Crippen LogP contribution in [0.5, 0.6) is 0 Å². The van der Waals surface area contributed by atoms with Crippen molar-refractivity contribution in [1.82, 2.24) is 5.32 Å². The molecule has 1 aliphatic carbocycles. The molecule has 0 radical (unpaired) electrons. The maximum atomic E-state index is 12.4. The topological polar surface area (TPSA) is 58.2 Å². The Hall–Kier alpha value is -1.26. The van der Waals surface area contributed by atoms with Crippen molar-refractivity contribution in [1.29, 1.82) is 0 Å². The van der Waals surface area contributed by atoms with Gasteiger partial charge in [0.05, 0.1) is 10.7 Å². The summed E-state index contributed by atoms with van der Waals surface area (Å²) in [6, 6.07) is 5.00. The fraction of sp³-hybridized carbons (Fsp3) is 0.579. The summed E-state index contributed by atoms with van der Waals surface area (Å²) in [5, 5.41) is 6.86. The van der Waals surface area contributed by atoms with Crippen LogP contribution in [0.25, 0.3) is 0 Å². The predicted octanol–water partition coefficient (Wildman–Crippen LogP) is 4.90. The van der Waals surface area contributed by atoms with Crippen LogP contribution in [-0.4, -0.2) is 18.4 Å².